The average Bonchev–Trinajstić information content (AvgIpc) is 2.95. The van der Waals surface area contributed by atoms with Gasteiger partial charge in [0.05, 0.1) is 31.3 Å². The summed E-state index contributed by atoms with van der Waals surface area (Å²) < 4.78 is 76.1. The van der Waals surface area contributed by atoms with E-state index in [0.29, 0.717) is 13.2 Å². The zero-order valence-corrected chi connectivity index (χ0v) is 23.0. The summed E-state index contributed by atoms with van der Waals surface area (Å²) in [5.41, 5.74) is -1.74. The summed E-state index contributed by atoms with van der Waals surface area (Å²) in [4.78, 5) is 43.4. The Bertz CT molecular complexity index is 1370. The third kappa shape index (κ3) is 6.70. The summed E-state index contributed by atoms with van der Waals surface area (Å²) in [7, 11) is 0. The van der Waals surface area contributed by atoms with Crippen LogP contribution in [0.4, 0.5) is 22.0 Å². The van der Waals surface area contributed by atoms with Crippen LogP contribution in [-0.2, 0) is 20.7 Å². The number of ether oxygens (including phenoxy) is 1. The van der Waals surface area contributed by atoms with Gasteiger partial charge in [0.25, 0.3) is 5.91 Å². The summed E-state index contributed by atoms with van der Waals surface area (Å²) in [6, 6.07) is -2.17. The predicted octanol–water partition coefficient (Wildman–Crippen LogP) is 0.429. The number of pyridine rings is 1. The Morgan fingerprint density at radius 2 is 1.65 bits per heavy atom. The zero-order chi connectivity index (χ0) is 31.6. The third-order valence-electron chi connectivity index (χ3n) is 7.68. The number of halogens is 5. The van der Waals surface area contributed by atoms with Gasteiger partial charge in [-0.3, -0.25) is 14.4 Å². The van der Waals surface area contributed by atoms with Crippen LogP contribution < -0.4 is 21.3 Å². The molecule has 6 N–H and O–H groups in total. The van der Waals surface area contributed by atoms with Gasteiger partial charge in [-0.15, -0.1) is 0 Å². The second-order valence-corrected chi connectivity index (χ2v) is 10.6. The molecule has 2 aliphatic heterocycles. The normalized spacial score (nSPS) is 27.3. The summed E-state index contributed by atoms with van der Waals surface area (Å²) in [6.07, 6.45) is -1.78. The van der Waals surface area contributed by atoms with Gasteiger partial charge in [0, 0.05) is 42.7 Å². The molecule has 1 aromatic carbocycles. The van der Waals surface area contributed by atoms with Crippen molar-refractivity contribution in [1.82, 2.24) is 26.3 Å². The number of rotatable bonds is 5. The van der Waals surface area contributed by atoms with E-state index >= 15 is 0 Å². The topological polar surface area (TPSA) is 162 Å². The van der Waals surface area contributed by atoms with Crippen LogP contribution in [0.5, 0.6) is 5.75 Å². The second kappa shape index (κ2) is 13.2. The fourth-order valence-corrected chi connectivity index (χ4v) is 4.85. The van der Waals surface area contributed by atoms with Crippen molar-refractivity contribution in [3.63, 3.8) is 0 Å². The van der Waals surface area contributed by atoms with Crippen molar-refractivity contribution in [2.24, 2.45) is 11.8 Å². The Morgan fingerprint density at radius 1 is 1.02 bits per heavy atom. The first-order valence-corrected chi connectivity index (χ1v) is 13.4. The molecule has 0 radical (unpaired) electrons. The van der Waals surface area contributed by atoms with E-state index in [4.69, 9.17) is 4.74 Å². The quantitative estimate of drug-likeness (QED) is 0.160. The van der Waals surface area contributed by atoms with Crippen LogP contribution in [0.2, 0.25) is 0 Å². The number of nitrogens with one attached hydrogen (secondary N) is 4. The molecular formula is C27H30F5N5O6. The number of benzene rings is 1. The maximum Gasteiger partial charge on any atom is 0.274 e. The first-order chi connectivity index (χ1) is 20.3. The predicted molar refractivity (Wildman–Crippen MR) is 138 cm³/mol. The van der Waals surface area contributed by atoms with Gasteiger partial charge >= 0.3 is 0 Å². The van der Waals surface area contributed by atoms with Crippen LogP contribution in [0.25, 0.3) is 0 Å². The van der Waals surface area contributed by atoms with Gasteiger partial charge in [-0.2, -0.15) is 0 Å². The molecule has 6 atom stereocenters. The van der Waals surface area contributed by atoms with Crippen molar-refractivity contribution < 1.29 is 51.3 Å². The SMILES string of the molecule is CC1NCC(C2COC2)NC(=O)C(C)C(O)C(Cc2c(F)c(F)c(F)c(F)c2F)NC(=O)C1NC(=O)c1ncccc1O. The number of aliphatic hydroxyl groups is 1. The lowest BCUT2D eigenvalue weighted by Crippen LogP contribution is -2.64. The molecule has 0 spiro atoms. The molecule has 2 aliphatic rings. The summed E-state index contributed by atoms with van der Waals surface area (Å²) >= 11 is 0. The molecule has 1 aromatic heterocycles. The Hall–Kier alpha value is -3.89. The number of hydrogen-bond acceptors (Lipinski definition) is 8. The van der Waals surface area contributed by atoms with Crippen LogP contribution in [-0.4, -0.2) is 82.9 Å². The highest BCUT2D eigenvalue weighted by Crippen LogP contribution is 2.26. The zero-order valence-electron chi connectivity index (χ0n) is 23.0. The number of carbonyl (C=O) groups is 3. The number of aliphatic hydroxyl groups excluding tert-OH is 1. The second-order valence-electron chi connectivity index (χ2n) is 10.6. The minimum atomic E-state index is -2.39. The molecule has 11 nitrogen and oxygen atoms in total. The van der Waals surface area contributed by atoms with E-state index < -0.39 is 106 Å². The molecule has 0 bridgehead atoms. The van der Waals surface area contributed by atoms with Crippen molar-refractivity contribution in [3.8, 4) is 5.75 Å². The van der Waals surface area contributed by atoms with Crippen LogP contribution in [0, 0.1) is 40.9 Å². The average molecular weight is 616 g/mol. The highest BCUT2D eigenvalue weighted by atomic mass is 19.2. The van der Waals surface area contributed by atoms with Gasteiger partial charge in [0.2, 0.25) is 17.6 Å². The maximum absolute atomic E-state index is 14.6. The van der Waals surface area contributed by atoms with Crippen molar-refractivity contribution in [2.45, 2.75) is 50.5 Å². The number of aromatic nitrogens is 1. The van der Waals surface area contributed by atoms with Crippen molar-refractivity contribution in [1.29, 1.82) is 0 Å². The number of aromatic hydroxyl groups is 1. The first kappa shape index (κ1) is 32.0. The number of carbonyl (C=O) groups excluding carboxylic acids is 3. The van der Waals surface area contributed by atoms with Gasteiger partial charge in [0.15, 0.2) is 29.0 Å². The van der Waals surface area contributed by atoms with Gasteiger partial charge in [-0.05, 0) is 19.1 Å². The van der Waals surface area contributed by atoms with Crippen LogP contribution in [0.15, 0.2) is 18.3 Å². The van der Waals surface area contributed by atoms with Crippen LogP contribution in [0.3, 0.4) is 0 Å². The standard InChI is InChI=1S/C27H30F5N5O6/c1-10-24(39)14(6-13-17(28)19(30)21(32)20(31)18(13)29)35-26(41)22(37-27(42)23-16(38)4-3-5-33-23)11(2)34-7-15(36-25(10)40)12-8-43-9-12/h3-5,10-12,14-15,22,24,34,38-39H,6-9H2,1-2H3,(H,35,41)(H,36,40)(H,37,42). The largest absolute Gasteiger partial charge is 0.505 e. The van der Waals surface area contributed by atoms with Crippen molar-refractivity contribution in [3.05, 3.63) is 58.7 Å². The van der Waals surface area contributed by atoms with Gasteiger partial charge in [0.1, 0.15) is 11.8 Å². The van der Waals surface area contributed by atoms with Gasteiger partial charge in [-0.25, -0.2) is 26.9 Å². The van der Waals surface area contributed by atoms with Crippen molar-refractivity contribution >= 4 is 17.7 Å². The molecule has 234 valence electrons. The smallest absolute Gasteiger partial charge is 0.274 e. The molecule has 6 unspecified atom stereocenters. The molecule has 4 rings (SSSR count). The molecule has 43 heavy (non-hydrogen) atoms. The summed E-state index contributed by atoms with van der Waals surface area (Å²) in [5.74, 6) is -15.9. The lowest BCUT2D eigenvalue weighted by Gasteiger charge is -2.38. The Balaban J connectivity index is 1.72. The minimum absolute atomic E-state index is 0.103. The first-order valence-electron chi connectivity index (χ1n) is 13.4. The van der Waals surface area contributed by atoms with E-state index in [-0.39, 0.29) is 12.5 Å². The molecule has 0 saturated carbocycles. The summed E-state index contributed by atoms with van der Waals surface area (Å²) in [5, 5.41) is 31.7. The molecule has 2 saturated heterocycles. The van der Waals surface area contributed by atoms with Crippen LogP contribution >= 0.6 is 0 Å². The minimum Gasteiger partial charge on any atom is -0.505 e. The molecule has 3 amide bonds. The Kier molecular flexibility index (Phi) is 9.82. The van der Waals surface area contributed by atoms with Gasteiger partial charge in [-0.1, -0.05) is 6.92 Å². The Labute approximate surface area is 242 Å². The van der Waals surface area contributed by atoms with E-state index in [1.54, 1.807) is 0 Å². The monoisotopic (exact) mass is 615 g/mol. The van der Waals surface area contributed by atoms with E-state index in [1.165, 1.54) is 32.2 Å². The Morgan fingerprint density at radius 3 is 2.23 bits per heavy atom. The lowest BCUT2D eigenvalue weighted by atomic mass is 9.89. The molecule has 2 fully saturated rings. The van der Waals surface area contributed by atoms with Gasteiger partial charge < -0.3 is 36.2 Å². The van der Waals surface area contributed by atoms with E-state index in [1.807, 2.05) is 0 Å². The number of nitrogens with zero attached hydrogens (tertiary/aromatic N) is 1. The highest BCUT2D eigenvalue weighted by Gasteiger charge is 2.40. The van der Waals surface area contributed by atoms with E-state index in [9.17, 15) is 46.5 Å². The molecule has 16 heteroatoms. The molecule has 0 aliphatic carbocycles. The van der Waals surface area contributed by atoms with Crippen molar-refractivity contribution in [2.75, 3.05) is 19.8 Å². The third-order valence-corrected chi connectivity index (χ3v) is 7.68. The fourth-order valence-electron chi connectivity index (χ4n) is 4.85. The number of amides is 3. The molecular weight excluding hydrogens is 585 g/mol. The molecule has 2 aromatic rings. The molecule has 3 heterocycles. The maximum atomic E-state index is 14.6. The number of hydrogen-bond donors (Lipinski definition) is 6. The van der Waals surface area contributed by atoms with E-state index in [2.05, 4.69) is 26.3 Å². The summed E-state index contributed by atoms with van der Waals surface area (Å²) in [6.45, 7) is 3.48. The highest BCUT2D eigenvalue weighted by molar-refractivity contribution is 5.98. The van der Waals surface area contributed by atoms with Crippen LogP contribution in [0.1, 0.15) is 29.9 Å². The lowest BCUT2D eigenvalue weighted by molar-refractivity contribution is -0.134. The van der Waals surface area contributed by atoms with E-state index in [0.717, 1.165) is 0 Å². The fraction of sp³-hybridized carbons (Fsp3) is 0.481.